The zero-order valence-electron chi connectivity index (χ0n) is 9.16. The van der Waals surface area contributed by atoms with Gasteiger partial charge in [-0.25, -0.2) is 0 Å². The third kappa shape index (κ3) is 2.30. The molecule has 1 unspecified atom stereocenters. The summed E-state index contributed by atoms with van der Waals surface area (Å²) in [6.07, 6.45) is 2.79. The van der Waals surface area contributed by atoms with Gasteiger partial charge >= 0.3 is 0 Å². The number of rotatable bonds is 1. The molecule has 0 aromatic carbocycles. The molecular weight excluding hydrogens is 192 g/mol. The van der Waals surface area contributed by atoms with Gasteiger partial charge in [0.2, 0.25) is 11.8 Å². The monoisotopic (exact) mass is 210 g/mol. The molecule has 15 heavy (non-hydrogen) atoms. The quantitative estimate of drug-likeness (QED) is 0.680. The van der Waals surface area contributed by atoms with Gasteiger partial charge in [0, 0.05) is 33.0 Å². The van der Waals surface area contributed by atoms with Crippen molar-refractivity contribution in [2.75, 3.05) is 19.6 Å². The van der Waals surface area contributed by atoms with Gasteiger partial charge in [-0.05, 0) is 24.7 Å². The average Bonchev–Trinajstić information content (AvgIpc) is 2.65. The molecule has 0 aromatic heterocycles. The third-order valence-corrected chi connectivity index (χ3v) is 3.66. The molecule has 0 spiro atoms. The van der Waals surface area contributed by atoms with Gasteiger partial charge in [0.15, 0.2) is 0 Å². The van der Waals surface area contributed by atoms with Crippen LogP contribution >= 0.6 is 0 Å². The minimum Gasteiger partial charge on any atom is -0.356 e. The Kier molecular flexibility index (Phi) is 2.93. The van der Waals surface area contributed by atoms with Crippen LogP contribution in [0.4, 0.5) is 0 Å². The molecule has 4 heteroatoms. The van der Waals surface area contributed by atoms with Gasteiger partial charge < -0.3 is 10.2 Å². The van der Waals surface area contributed by atoms with Gasteiger partial charge in [-0.3, -0.25) is 9.59 Å². The third-order valence-electron chi connectivity index (χ3n) is 3.66. The van der Waals surface area contributed by atoms with Crippen molar-refractivity contribution in [3.8, 4) is 0 Å². The maximum atomic E-state index is 11.1. The van der Waals surface area contributed by atoms with Crippen LogP contribution in [0.25, 0.3) is 0 Å². The van der Waals surface area contributed by atoms with Crippen molar-refractivity contribution >= 4 is 11.8 Å². The maximum Gasteiger partial charge on any atom is 0.220 e. The highest BCUT2D eigenvalue weighted by Gasteiger charge is 2.32. The van der Waals surface area contributed by atoms with E-state index < -0.39 is 0 Å². The van der Waals surface area contributed by atoms with Crippen molar-refractivity contribution in [1.29, 1.82) is 0 Å². The van der Waals surface area contributed by atoms with Gasteiger partial charge in [-0.2, -0.15) is 0 Å². The predicted octanol–water partition coefficient (Wildman–Crippen LogP) is 0.381. The highest BCUT2D eigenvalue weighted by Crippen LogP contribution is 2.29. The number of hydrogen-bond donors (Lipinski definition) is 1. The fraction of sp³-hybridized carbons (Fsp3) is 0.818. The van der Waals surface area contributed by atoms with E-state index in [-0.39, 0.29) is 11.8 Å². The second-order valence-electron chi connectivity index (χ2n) is 4.61. The Balaban J connectivity index is 1.83. The van der Waals surface area contributed by atoms with E-state index in [0.29, 0.717) is 18.3 Å². The minimum atomic E-state index is 0.175. The van der Waals surface area contributed by atoms with Crippen LogP contribution in [0.3, 0.4) is 0 Å². The molecule has 2 aliphatic rings. The lowest BCUT2D eigenvalue weighted by molar-refractivity contribution is -0.130. The standard InChI is InChI=1S/C11H18N2O2/c1-8(14)13-4-2-9(3-5-13)10-6-11(15)12-7-10/h9-10H,2-7H2,1H3,(H,12,15). The molecule has 0 aromatic rings. The molecule has 2 heterocycles. The summed E-state index contributed by atoms with van der Waals surface area (Å²) in [7, 11) is 0. The Morgan fingerprint density at radius 1 is 1.33 bits per heavy atom. The van der Waals surface area contributed by atoms with E-state index in [0.717, 1.165) is 32.5 Å². The summed E-state index contributed by atoms with van der Waals surface area (Å²) in [5.74, 6) is 1.49. The Labute approximate surface area is 90.0 Å². The zero-order chi connectivity index (χ0) is 10.8. The van der Waals surface area contributed by atoms with Crippen LogP contribution in [0.15, 0.2) is 0 Å². The number of nitrogens with zero attached hydrogens (tertiary/aromatic N) is 1. The van der Waals surface area contributed by atoms with Crippen molar-refractivity contribution < 1.29 is 9.59 Å². The fourth-order valence-electron chi connectivity index (χ4n) is 2.65. The first-order chi connectivity index (χ1) is 7.16. The SMILES string of the molecule is CC(=O)N1CCC(C2CNC(=O)C2)CC1. The number of carbonyl (C=O) groups excluding carboxylic acids is 2. The maximum absolute atomic E-state index is 11.1. The van der Waals surface area contributed by atoms with Crippen LogP contribution in [0, 0.1) is 11.8 Å². The van der Waals surface area contributed by atoms with Crippen LogP contribution in [0.5, 0.6) is 0 Å². The number of carbonyl (C=O) groups is 2. The number of likely N-dealkylation sites (tertiary alicyclic amines) is 1. The van der Waals surface area contributed by atoms with Crippen LogP contribution in [0.1, 0.15) is 26.2 Å². The van der Waals surface area contributed by atoms with Crippen LogP contribution in [-0.4, -0.2) is 36.3 Å². The molecule has 1 N–H and O–H groups in total. The van der Waals surface area contributed by atoms with Crippen molar-refractivity contribution in [3.63, 3.8) is 0 Å². The molecule has 2 saturated heterocycles. The van der Waals surface area contributed by atoms with Gasteiger partial charge in [0.05, 0.1) is 0 Å². The molecule has 0 aliphatic carbocycles. The van der Waals surface area contributed by atoms with E-state index in [1.54, 1.807) is 6.92 Å². The summed E-state index contributed by atoms with van der Waals surface area (Å²) in [6.45, 7) is 4.19. The lowest BCUT2D eigenvalue weighted by atomic mass is 9.84. The van der Waals surface area contributed by atoms with E-state index in [1.165, 1.54) is 0 Å². The van der Waals surface area contributed by atoms with Crippen molar-refractivity contribution in [2.24, 2.45) is 11.8 Å². The highest BCUT2D eigenvalue weighted by atomic mass is 16.2. The number of nitrogens with one attached hydrogen (secondary N) is 1. The summed E-state index contributed by atoms with van der Waals surface area (Å²) >= 11 is 0. The second kappa shape index (κ2) is 4.21. The molecule has 2 fully saturated rings. The minimum absolute atomic E-state index is 0.175. The van der Waals surface area contributed by atoms with Gasteiger partial charge in [-0.1, -0.05) is 0 Å². The lowest BCUT2D eigenvalue weighted by Crippen LogP contribution is -2.39. The first-order valence-electron chi connectivity index (χ1n) is 5.69. The molecule has 84 valence electrons. The van der Waals surface area contributed by atoms with Gasteiger partial charge in [0.25, 0.3) is 0 Å². The summed E-state index contributed by atoms with van der Waals surface area (Å²) < 4.78 is 0. The van der Waals surface area contributed by atoms with Crippen LogP contribution < -0.4 is 5.32 Å². The van der Waals surface area contributed by atoms with E-state index in [4.69, 9.17) is 0 Å². The number of hydrogen-bond acceptors (Lipinski definition) is 2. The Hall–Kier alpha value is -1.06. The molecule has 4 nitrogen and oxygen atoms in total. The first-order valence-corrected chi connectivity index (χ1v) is 5.69. The zero-order valence-corrected chi connectivity index (χ0v) is 9.16. The fourth-order valence-corrected chi connectivity index (χ4v) is 2.65. The molecule has 2 rings (SSSR count). The predicted molar refractivity (Wildman–Crippen MR) is 56.1 cm³/mol. The van der Waals surface area contributed by atoms with Crippen molar-refractivity contribution in [1.82, 2.24) is 10.2 Å². The number of amides is 2. The van der Waals surface area contributed by atoms with Gasteiger partial charge in [0.1, 0.15) is 0 Å². The number of piperidine rings is 1. The van der Waals surface area contributed by atoms with Crippen molar-refractivity contribution in [3.05, 3.63) is 0 Å². The van der Waals surface area contributed by atoms with Crippen LogP contribution in [0.2, 0.25) is 0 Å². The summed E-state index contributed by atoms with van der Waals surface area (Å²) in [5.41, 5.74) is 0. The molecule has 0 radical (unpaired) electrons. The summed E-state index contributed by atoms with van der Waals surface area (Å²) in [4.78, 5) is 24.1. The lowest BCUT2D eigenvalue weighted by Gasteiger charge is -2.33. The van der Waals surface area contributed by atoms with Crippen LogP contribution in [-0.2, 0) is 9.59 Å². The van der Waals surface area contributed by atoms with E-state index in [2.05, 4.69) is 5.32 Å². The van der Waals surface area contributed by atoms with Crippen molar-refractivity contribution in [2.45, 2.75) is 26.2 Å². The first kappa shape index (κ1) is 10.5. The Bertz CT molecular complexity index is 270. The Morgan fingerprint density at radius 2 is 2.00 bits per heavy atom. The molecule has 0 bridgehead atoms. The average molecular weight is 210 g/mol. The molecule has 2 aliphatic heterocycles. The van der Waals surface area contributed by atoms with E-state index in [9.17, 15) is 9.59 Å². The topological polar surface area (TPSA) is 49.4 Å². The molecule has 0 saturated carbocycles. The smallest absolute Gasteiger partial charge is 0.220 e. The molecule has 2 amide bonds. The van der Waals surface area contributed by atoms with E-state index >= 15 is 0 Å². The Morgan fingerprint density at radius 3 is 2.47 bits per heavy atom. The molecular formula is C11H18N2O2. The normalized spacial score (nSPS) is 27.9. The second-order valence-corrected chi connectivity index (χ2v) is 4.61. The summed E-state index contributed by atoms with van der Waals surface area (Å²) in [5, 5.41) is 2.88. The van der Waals surface area contributed by atoms with E-state index in [1.807, 2.05) is 4.90 Å². The summed E-state index contributed by atoms with van der Waals surface area (Å²) in [6, 6.07) is 0. The highest BCUT2D eigenvalue weighted by molar-refractivity contribution is 5.78. The largest absolute Gasteiger partial charge is 0.356 e. The van der Waals surface area contributed by atoms with Gasteiger partial charge in [-0.15, -0.1) is 0 Å². The molecule has 1 atom stereocenters.